The Hall–Kier alpha value is -1.24. The van der Waals surface area contributed by atoms with E-state index < -0.39 is 0 Å². The number of rotatable bonds is 5. The van der Waals surface area contributed by atoms with Crippen molar-refractivity contribution in [3.05, 3.63) is 42.5 Å². The first-order chi connectivity index (χ1) is 6.43. The molecule has 0 aliphatic heterocycles. The summed E-state index contributed by atoms with van der Waals surface area (Å²) in [6, 6.07) is 10.5. The Bertz CT molecular complexity index is 239. The molecular weight excluding hydrogens is 160 g/mol. The molecule has 1 nitrogen and oxygen atoms in total. The van der Waals surface area contributed by atoms with Gasteiger partial charge in [-0.3, -0.25) is 0 Å². The molecule has 0 aliphatic carbocycles. The Labute approximate surface area is 80.0 Å². The zero-order valence-corrected chi connectivity index (χ0v) is 7.99. The maximum atomic E-state index is 5.48. The third-order valence-electron chi connectivity index (χ3n) is 1.64. The molecule has 0 unspecified atom stereocenters. The van der Waals surface area contributed by atoms with Crippen molar-refractivity contribution in [1.29, 1.82) is 0 Å². The van der Waals surface area contributed by atoms with E-state index in [9.17, 15) is 0 Å². The maximum absolute atomic E-state index is 5.48. The van der Waals surface area contributed by atoms with Crippen LogP contribution in [-0.4, -0.2) is 6.61 Å². The summed E-state index contributed by atoms with van der Waals surface area (Å²) in [6.45, 7) is 2.88. The lowest BCUT2D eigenvalue weighted by molar-refractivity contribution is 0.325. The van der Waals surface area contributed by atoms with Gasteiger partial charge in [0.05, 0.1) is 6.61 Å². The zero-order valence-electron chi connectivity index (χ0n) is 7.99. The second-order valence-electron chi connectivity index (χ2n) is 2.75. The van der Waals surface area contributed by atoms with Crippen LogP contribution in [0.4, 0.5) is 0 Å². The molecule has 0 N–H and O–H groups in total. The SMILES string of the molecule is CC/C=C/CCOc1cc[c]cc1. The lowest BCUT2D eigenvalue weighted by atomic mass is 10.3. The number of ether oxygens (including phenoxy) is 1. The first-order valence-electron chi connectivity index (χ1n) is 4.67. The van der Waals surface area contributed by atoms with Gasteiger partial charge >= 0.3 is 0 Å². The van der Waals surface area contributed by atoms with E-state index in [0.29, 0.717) is 0 Å². The molecule has 0 atom stereocenters. The van der Waals surface area contributed by atoms with Crippen molar-refractivity contribution in [2.75, 3.05) is 6.61 Å². The summed E-state index contributed by atoms with van der Waals surface area (Å²) < 4.78 is 5.48. The van der Waals surface area contributed by atoms with E-state index in [2.05, 4.69) is 25.1 Å². The molecule has 13 heavy (non-hydrogen) atoms. The van der Waals surface area contributed by atoms with Gasteiger partial charge in [-0.2, -0.15) is 0 Å². The van der Waals surface area contributed by atoms with E-state index in [1.165, 1.54) is 0 Å². The molecule has 1 heteroatoms. The summed E-state index contributed by atoms with van der Waals surface area (Å²) >= 11 is 0. The molecule has 0 amide bonds. The molecule has 1 rings (SSSR count). The minimum atomic E-state index is 0.751. The average molecular weight is 175 g/mol. The van der Waals surface area contributed by atoms with E-state index in [-0.39, 0.29) is 0 Å². The van der Waals surface area contributed by atoms with Gasteiger partial charge in [0, 0.05) is 0 Å². The van der Waals surface area contributed by atoms with Gasteiger partial charge < -0.3 is 4.74 Å². The molecule has 0 saturated heterocycles. The predicted molar refractivity (Wildman–Crippen MR) is 54.8 cm³/mol. The van der Waals surface area contributed by atoms with Crippen molar-refractivity contribution in [3.8, 4) is 5.75 Å². The Morgan fingerprint density at radius 2 is 2.08 bits per heavy atom. The van der Waals surface area contributed by atoms with Crippen LogP contribution in [0.5, 0.6) is 5.75 Å². The average Bonchev–Trinajstić information content (AvgIpc) is 2.19. The van der Waals surface area contributed by atoms with Crippen LogP contribution < -0.4 is 4.74 Å². The summed E-state index contributed by atoms with van der Waals surface area (Å²) in [4.78, 5) is 0. The van der Waals surface area contributed by atoms with Crippen LogP contribution in [0.25, 0.3) is 0 Å². The van der Waals surface area contributed by atoms with E-state index in [1.807, 2.05) is 24.3 Å². The smallest absolute Gasteiger partial charge is 0.119 e. The van der Waals surface area contributed by atoms with Gasteiger partial charge in [0.1, 0.15) is 5.75 Å². The highest BCUT2D eigenvalue weighted by atomic mass is 16.5. The van der Waals surface area contributed by atoms with Crippen LogP contribution >= 0.6 is 0 Å². The van der Waals surface area contributed by atoms with Crippen molar-refractivity contribution in [1.82, 2.24) is 0 Å². The van der Waals surface area contributed by atoms with Crippen LogP contribution in [0.3, 0.4) is 0 Å². The molecule has 0 fully saturated rings. The maximum Gasteiger partial charge on any atom is 0.119 e. The molecule has 0 spiro atoms. The number of benzene rings is 1. The van der Waals surface area contributed by atoms with Crippen molar-refractivity contribution < 1.29 is 4.74 Å². The molecular formula is C12H15O. The molecule has 0 aromatic heterocycles. The molecule has 0 bridgehead atoms. The standard InChI is InChI=1S/C12H15O/c1-2-3-4-8-11-13-12-9-6-5-7-10-12/h3-4,6-7,9-10H,2,8,11H2,1H3/b4-3+. The van der Waals surface area contributed by atoms with Crippen LogP contribution in [0, 0.1) is 6.07 Å². The lowest BCUT2D eigenvalue weighted by Gasteiger charge is -2.02. The summed E-state index contributed by atoms with van der Waals surface area (Å²) in [7, 11) is 0. The van der Waals surface area contributed by atoms with Gasteiger partial charge in [-0.15, -0.1) is 0 Å². The summed E-state index contributed by atoms with van der Waals surface area (Å²) in [5, 5.41) is 0. The van der Waals surface area contributed by atoms with Gasteiger partial charge in [-0.1, -0.05) is 31.2 Å². The summed E-state index contributed by atoms with van der Waals surface area (Å²) in [5.41, 5.74) is 0. The van der Waals surface area contributed by atoms with E-state index >= 15 is 0 Å². The Morgan fingerprint density at radius 1 is 1.31 bits per heavy atom. The highest BCUT2D eigenvalue weighted by molar-refractivity contribution is 5.20. The van der Waals surface area contributed by atoms with Gasteiger partial charge in [-0.05, 0) is 31.0 Å². The fourth-order valence-corrected chi connectivity index (χ4v) is 0.997. The third kappa shape index (κ3) is 4.36. The fraction of sp³-hybridized carbons (Fsp3) is 0.333. The third-order valence-corrected chi connectivity index (χ3v) is 1.64. The number of hydrogen-bond acceptors (Lipinski definition) is 1. The van der Waals surface area contributed by atoms with E-state index in [4.69, 9.17) is 4.74 Å². The van der Waals surface area contributed by atoms with E-state index in [0.717, 1.165) is 25.2 Å². The Balaban J connectivity index is 2.17. The van der Waals surface area contributed by atoms with Crippen molar-refractivity contribution in [2.24, 2.45) is 0 Å². The molecule has 0 heterocycles. The van der Waals surface area contributed by atoms with Gasteiger partial charge in [0.2, 0.25) is 0 Å². The first-order valence-corrected chi connectivity index (χ1v) is 4.67. The minimum Gasteiger partial charge on any atom is -0.493 e. The van der Waals surface area contributed by atoms with Crippen LogP contribution in [0.1, 0.15) is 19.8 Å². The number of allylic oxidation sites excluding steroid dienone is 1. The lowest BCUT2D eigenvalue weighted by Crippen LogP contribution is -1.94. The van der Waals surface area contributed by atoms with Gasteiger partial charge in [-0.25, -0.2) is 0 Å². The largest absolute Gasteiger partial charge is 0.493 e. The molecule has 0 aliphatic rings. The fourth-order valence-electron chi connectivity index (χ4n) is 0.997. The van der Waals surface area contributed by atoms with Crippen molar-refractivity contribution in [3.63, 3.8) is 0 Å². The van der Waals surface area contributed by atoms with Gasteiger partial charge in [0.25, 0.3) is 0 Å². The highest BCUT2D eigenvalue weighted by Gasteiger charge is 1.88. The Kier molecular flexibility index (Phi) is 4.77. The summed E-state index contributed by atoms with van der Waals surface area (Å²) in [5.74, 6) is 0.920. The van der Waals surface area contributed by atoms with Crippen LogP contribution in [-0.2, 0) is 0 Å². The second-order valence-corrected chi connectivity index (χ2v) is 2.75. The quantitative estimate of drug-likeness (QED) is 0.493. The second kappa shape index (κ2) is 6.30. The molecule has 1 aromatic carbocycles. The normalized spacial score (nSPS) is 10.5. The Morgan fingerprint density at radius 3 is 2.77 bits per heavy atom. The summed E-state index contributed by atoms with van der Waals surface area (Å²) in [6.07, 6.45) is 6.38. The predicted octanol–water partition coefficient (Wildman–Crippen LogP) is 3.22. The highest BCUT2D eigenvalue weighted by Crippen LogP contribution is 2.07. The zero-order chi connectivity index (χ0) is 9.36. The van der Waals surface area contributed by atoms with Crippen LogP contribution in [0.15, 0.2) is 36.4 Å². The minimum absolute atomic E-state index is 0.751. The van der Waals surface area contributed by atoms with E-state index in [1.54, 1.807) is 0 Å². The monoisotopic (exact) mass is 175 g/mol. The molecule has 1 aromatic rings. The molecule has 69 valence electrons. The topological polar surface area (TPSA) is 9.23 Å². The molecule has 1 radical (unpaired) electrons. The first kappa shape index (κ1) is 9.85. The van der Waals surface area contributed by atoms with Crippen molar-refractivity contribution in [2.45, 2.75) is 19.8 Å². The molecule has 0 saturated carbocycles. The van der Waals surface area contributed by atoms with Crippen molar-refractivity contribution >= 4 is 0 Å². The number of hydrogen-bond donors (Lipinski definition) is 0. The van der Waals surface area contributed by atoms with Gasteiger partial charge in [0.15, 0.2) is 0 Å². The van der Waals surface area contributed by atoms with Crippen LogP contribution in [0.2, 0.25) is 0 Å².